The highest BCUT2D eigenvalue weighted by atomic mass is 16.5. The van der Waals surface area contributed by atoms with Crippen LogP contribution in [-0.2, 0) is 4.74 Å². The van der Waals surface area contributed by atoms with Crippen molar-refractivity contribution in [3.05, 3.63) is 12.2 Å². The summed E-state index contributed by atoms with van der Waals surface area (Å²) in [5.41, 5.74) is 0.0871. The molecular formula is C18H31N5O2. The first-order valence-corrected chi connectivity index (χ1v) is 9.66. The topological polar surface area (TPSA) is 83.1 Å². The van der Waals surface area contributed by atoms with Crippen molar-refractivity contribution in [2.24, 2.45) is 5.41 Å². The van der Waals surface area contributed by atoms with Gasteiger partial charge in [-0.3, -0.25) is 5.10 Å². The fourth-order valence-corrected chi connectivity index (χ4v) is 4.59. The van der Waals surface area contributed by atoms with E-state index in [2.05, 4.69) is 34.3 Å². The molecule has 140 valence electrons. The highest BCUT2D eigenvalue weighted by molar-refractivity contribution is 5.75. The van der Waals surface area contributed by atoms with Crippen LogP contribution < -0.4 is 5.32 Å². The Morgan fingerprint density at radius 1 is 1.36 bits per heavy atom. The summed E-state index contributed by atoms with van der Waals surface area (Å²) in [5.74, 6) is 1.32. The van der Waals surface area contributed by atoms with Gasteiger partial charge in [-0.05, 0) is 39.0 Å². The highest BCUT2D eigenvalue weighted by Gasteiger charge is 2.54. The molecule has 1 aromatic rings. The Hall–Kier alpha value is -1.63. The van der Waals surface area contributed by atoms with Gasteiger partial charge in [0.15, 0.2) is 0 Å². The van der Waals surface area contributed by atoms with Crippen LogP contribution in [0.5, 0.6) is 0 Å². The molecule has 2 heterocycles. The molecule has 1 aliphatic carbocycles. The van der Waals surface area contributed by atoms with Gasteiger partial charge in [0.1, 0.15) is 12.2 Å². The molecule has 1 aromatic heterocycles. The number of rotatable bonds is 6. The van der Waals surface area contributed by atoms with E-state index in [-0.39, 0.29) is 23.6 Å². The van der Waals surface area contributed by atoms with Gasteiger partial charge in [0.25, 0.3) is 0 Å². The van der Waals surface area contributed by atoms with Gasteiger partial charge >= 0.3 is 6.03 Å². The lowest BCUT2D eigenvalue weighted by molar-refractivity contribution is -0.134. The summed E-state index contributed by atoms with van der Waals surface area (Å²) < 4.78 is 5.91. The standard InChI is InChI=1S/C18H31N5O2/c1-4-18(5-2)14(11-15(18)25-6-3)21-17(24)23-9-7-13(8-10-23)16-19-12-20-22-16/h12-15H,4-11H2,1-3H3,(H,21,24)(H,19,20,22)/t14-,15+/m1/s1. The van der Waals surface area contributed by atoms with Gasteiger partial charge in [0.05, 0.1) is 6.10 Å². The van der Waals surface area contributed by atoms with E-state index in [0.717, 1.165) is 57.6 Å². The number of hydrogen-bond donors (Lipinski definition) is 2. The van der Waals surface area contributed by atoms with Crippen LogP contribution in [0, 0.1) is 5.41 Å². The van der Waals surface area contributed by atoms with Gasteiger partial charge in [0.2, 0.25) is 0 Å². The Morgan fingerprint density at radius 2 is 2.08 bits per heavy atom. The molecule has 7 heteroatoms. The SMILES string of the molecule is CCO[C@H]1C[C@@H](NC(=O)N2CCC(c3ncn[nH]3)CC2)C1(CC)CC. The van der Waals surface area contributed by atoms with Crippen LogP contribution in [0.15, 0.2) is 6.33 Å². The molecule has 1 aliphatic heterocycles. The first-order chi connectivity index (χ1) is 12.1. The highest BCUT2D eigenvalue weighted by Crippen LogP contribution is 2.49. The van der Waals surface area contributed by atoms with Crippen molar-refractivity contribution in [1.82, 2.24) is 25.4 Å². The largest absolute Gasteiger partial charge is 0.378 e. The lowest BCUT2D eigenvalue weighted by Gasteiger charge is -2.55. The molecule has 1 saturated heterocycles. The number of urea groups is 1. The fraction of sp³-hybridized carbons (Fsp3) is 0.833. The van der Waals surface area contributed by atoms with Crippen molar-refractivity contribution in [1.29, 1.82) is 0 Å². The number of nitrogens with one attached hydrogen (secondary N) is 2. The third-order valence-corrected chi connectivity index (χ3v) is 6.37. The number of amides is 2. The lowest BCUT2D eigenvalue weighted by atomic mass is 9.58. The molecule has 2 fully saturated rings. The predicted molar refractivity (Wildman–Crippen MR) is 95.3 cm³/mol. The number of nitrogens with zero attached hydrogens (tertiary/aromatic N) is 3. The van der Waals surface area contributed by atoms with Crippen molar-refractivity contribution in [2.75, 3.05) is 19.7 Å². The van der Waals surface area contributed by atoms with E-state index in [1.807, 2.05) is 11.8 Å². The second kappa shape index (κ2) is 7.72. The van der Waals surface area contributed by atoms with E-state index in [1.54, 1.807) is 6.33 Å². The summed E-state index contributed by atoms with van der Waals surface area (Å²) in [6.45, 7) is 8.73. The summed E-state index contributed by atoms with van der Waals surface area (Å²) in [6, 6.07) is 0.292. The Bertz CT molecular complexity index is 550. The Balaban J connectivity index is 1.53. The van der Waals surface area contributed by atoms with Crippen molar-refractivity contribution >= 4 is 6.03 Å². The average molecular weight is 349 g/mol. The number of H-pyrrole nitrogens is 1. The number of aromatic nitrogens is 3. The number of likely N-dealkylation sites (tertiary alicyclic amines) is 1. The maximum atomic E-state index is 12.7. The number of carbonyl (C=O) groups is 1. The summed E-state index contributed by atoms with van der Waals surface area (Å²) >= 11 is 0. The lowest BCUT2D eigenvalue weighted by Crippen LogP contribution is -2.65. The van der Waals surface area contributed by atoms with Gasteiger partial charge < -0.3 is 15.0 Å². The number of ether oxygens (including phenoxy) is 1. The van der Waals surface area contributed by atoms with E-state index < -0.39 is 0 Å². The predicted octanol–water partition coefficient (Wildman–Crippen LogP) is 2.68. The van der Waals surface area contributed by atoms with Crippen LogP contribution in [0.2, 0.25) is 0 Å². The minimum Gasteiger partial charge on any atom is -0.378 e. The van der Waals surface area contributed by atoms with Gasteiger partial charge in [-0.1, -0.05) is 13.8 Å². The smallest absolute Gasteiger partial charge is 0.317 e. The molecule has 3 rings (SSSR count). The van der Waals surface area contributed by atoms with Crippen molar-refractivity contribution in [3.8, 4) is 0 Å². The maximum absolute atomic E-state index is 12.7. The summed E-state index contributed by atoms with van der Waals surface area (Å²) in [5, 5.41) is 10.2. The zero-order chi connectivity index (χ0) is 17.9. The van der Waals surface area contributed by atoms with Crippen molar-refractivity contribution in [2.45, 2.75) is 70.9 Å². The molecule has 2 aliphatic rings. The molecule has 25 heavy (non-hydrogen) atoms. The van der Waals surface area contributed by atoms with E-state index in [1.165, 1.54) is 0 Å². The van der Waals surface area contributed by atoms with Gasteiger partial charge in [-0.25, -0.2) is 9.78 Å². The van der Waals surface area contributed by atoms with Crippen LogP contribution in [-0.4, -0.2) is 58.0 Å². The Morgan fingerprint density at radius 3 is 2.64 bits per heavy atom. The van der Waals surface area contributed by atoms with Gasteiger partial charge in [0, 0.05) is 37.1 Å². The van der Waals surface area contributed by atoms with Crippen molar-refractivity contribution in [3.63, 3.8) is 0 Å². The summed E-state index contributed by atoms with van der Waals surface area (Å²) in [7, 11) is 0. The van der Waals surface area contributed by atoms with Crippen LogP contribution in [0.4, 0.5) is 4.79 Å². The second-order valence-electron chi connectivity index (χ2n) is 7.25. The second-order valence-corrected chi connectivity index (χ2v) is 7.25. The number of hydrogen-bond acceptors (Lipinski definition) is 4. The van der Waals surface area contributed by atoms with Crippen LogP contribution in [0.25, 0.3) is 0 Å². The van der Waals surface area contributed by atoms with Crippen LogP contribution in [0.3, 0.4) is 0 Å². The molecule has 7 nitrogen and oxygen atoms in total. The minimum absolute atomic E-state index is 0.0715. The molecule has 0 bridgehead atoms. The average Bonchev–Trinajstić information content (AvgIpc) is 3.16. The Kier molecular flexibility index (Phi) is 5.61. The van der Waals surface area contributed by atoms with Crippen molar-refractivity contribution < 1.29 is 9.53 Å². The molecule has 1 saturated carbocycles. The first-order valence-electron chi connectivity index (χ1n) is 9.66. The van der Waals surface area contributed by atoms with E-state index in [9.17, 15) is 4.79 Å². The summed E-state index contributed by atoms with van der Waals surface area (Å²) in [6.07, 6.45) is 6.68. The van der Waals surface area contributed by atoms with Crippen LogP contribution in [0.1, 0.15) is 64.6 Å². The van der Waals surface area contributed by atoms with E-state index in [0.29, 0.717) is 5.92 Å². The normalized spacial score (nSPS) is 26.3. The van der Waals surface area contributed by atoms with E-state index >= 15 is 0 Å². The zero-order valence-corrected chi connectivity index (χ0v) is 15.6. The molecule has 0 spiro atoms. The summed E-state index contributed by atoms with van der Waals surface area (Å²) in [4.78, 5) is 18.9. The quantitative estimate of drug-likeness (QED) is 0.827. The number of aromatic amines is 1. The molecule has 0 radical (unpaired) electrons. The molecule has 2 amide bonds. The van der Waals surface area contributed by atoms with E-state index in [4.69, 9.17) is 4.74 Å². The molecule has 2 N–H and O–H groups in total. The first kappa shape index (κ1) is 18.2. The molecule has 2 atom stereocenters. The Labute approximate surface area is 149 Å². The monoisotopic (exact) mass is 349 g/mol. The number of piperidine rings is 1. The fourth-order valence-electron chi connectivity index (χ4n) is 4.59. The molecule has 0 aromatic carbocycles. The third-order valence-electron chi connectivity index (χ3n) is 6.37. The zero-order valence-electron chi connectivity index (χ0n) is 15.6. The molecule has 0 unspecified atom stereocenters. The minimum atomic E-state index is 0.0715. The molecular weight excluding hydrogens is 318 g/mol. The van der Waals surface area contributed by atoms with Crippen LogP contribution >= 0.6 is 0 Å². The van der Waals surface area contributed by atoms with Gasteiger partial charge in [-0.15, -0.1) is 0 Å². The number of carbonyl (C=O) groups excluding carboxylic acids is 1. The maximum Gasteiger partial charge on any atom is 0.317 e. The third kappa shape index (κ3) is 3.38. The van der Waals surface area contributed by atoms with Gasteiger partial charge in [-0.2, -0.15) is 5.10 Å².